The van der Waals surface area contributed by atoms with E-state index in [2.05, 4.69) is 10.6 Å². The van der Waals surface area contributed by atoms with E-state index in [1.54, 1.807) is 6.07 Å². The number of rotatable bonds is 7. The van der Waals surface area contributed by atoms with Crippen LogP contribution in [0.2, 0.25) is 0 Å². The summed E-state index contributed by atoms with van der Waals surface area (Å²) in [5.74, 6) is -0.414. The molecule has 2 amide bonds. The molecule has 3 N–H and O–H groups in total. The molecule has 0 aromatic heterocycles. The van der Waals surface area contributed by atoms with Crippen LogP contribution in [0.4, 0.5) is 0 Å². The number of aryl methyl sites for hydroxylation is 2. The average molecular weight is 424 g/mol. The van der Waals surface area contributed by atoms with Crippen LogP contribution in [0.25, 0.3) is 0 Å². The van der Waals surface area contributed by atoms with E-state index in [1.807, 2.05) is 26.0 Å². The fraction of sp³-hybridized carbons (Fsp3) is 0.600. The van der Waals surface area contributed by atoms with Gasteiger partial charge >= 0.3 is 0 Å². The zero-order chi connectivity index (χ0) is 21.0. The zero-order valence-electron chi connectivity index (χ0n) is 17.2. The van der Waals surface area contributed by atoms with Crippen molar-refractivity contribution in [1.29, 1.82) is 0 Å². The molecule has 1 aliphatic carbocycles. The van der Waals surface area contributed by atoms with E-state index in [1.165, 1.54) is 9.87 Å². The number of hydrogen-bond donors (Lipinski definition) is 3. The predicted octanol–water partition coefficient (Wildman–Crippen LogP) is -1.29. The molecule has 9 heteroatoms. The van der Waals surface area contributed by atoms with Crippen molar-refractivity contribution < 1.29 is 22.9 Å². The second-order valence-corrected chi connectivity index (χ2v) is 10.1. The van der Waals surface area contributed by atoms with E-state index in [9.17, 15) is 18.0 Å². The molecule has 0 atom stereocenters. The fourth-order valence-corrected chi connectivity index (χ4v) is 5.41. The van der Waals surface area contributed by atoms with Crippen molar-refractivity contribution in [1.82, 2.24) is 14.9 Å². The van der Waals surface area contributed by atoms with Gasteiger partial charge in [-0.15, -0.1) is 0 Å². The van der Waals surface area contributed by atoms with Gasteiger partial charge in [-0.25, -0.2) is 8.42 Å². The van der Waals surface area contributed by atoms with Crippen molar-refractivity contribution in [3.05, 3.63) is 29.3 Å². The Bertz CT molecular complexity index is 861. The molecule has 1 aliphatic heterocycles. The van der Waals surface area contributed by atoms with Gasteiger partial charge < -0.3 is 15.5 Å². The van der Waals surface area contributed by atoms with Gasteiger partial charge in [-0.05, 0) is 56.4 Å². The summed E-state index contributed by atoms with van der Waals surface area (Å²) in [4.78, 5) is 25.1. The lowest BCUT2D eigenvalue weighted by Crippen LogP contribution is -3.15. The maximum atomic E-state index is 13.0. The lowest BCUT2D eigenvalue weighted by Gasteiger charge is -2.31. The highest BCUT2D eigenvalue weighted by molar-refractivity contribution is 7.89. The first-order chi connectivity index (χ1) is 13.8. The van der Waals surface area contributed by atoms with Crippen LogP contribution in [0, 0.1) is 0 Å². The lowest BCUT2D eigenvalue weighted by molar-refractivity contribution is -0.895. The van der Waals surface area contributed by atoms with Gasteiger partial charge in [0.1, 0.15) is 0 Å². The van der Waals surface area contributed by atoms with Crippen LogP contribution in [-0.2, 0) is 32.5 Å². The molecule has 1 saturated heterocycles. The molecule has 0 unspecified atom stereocenters. The summed E-state index contributed by atoms with van der Waals surface area (Å²) >= 11 is 0. The van der Waals surface area contributed by atoms with E-state index in [0.29, 0.717) is 31.1 Å². The Morgan fingerprint density at radius 3 is 2.48 bits per heavy atom. The Balaban J connectivity index is 1.48. The molecule has 1 fully saturated rings. The third-order valence-electron chi connectivity index (χ3n) is 5.44. The maximum absolute atomic E-state index is 13.0. The first-order valence-electron chi connectivity index (χ1n) is 10.3. The Kier molecular flexibility index (Phi) is 6.92. The Hall–Kier alpha value is -1.97. The molecule has 3 rings (SSSR count). The van der Waals surface area contributed by atoms with E-state index < -0.39 is 10.0 Å². The van der Waals surface area contributed by atoms with Crippen molar-refractivity contribution in [2.24, 2.45) is 0 Å². The molecule has 1 aromatic rings. The molecule has 0 saturated carbocycles. The third-order valence-corrected chi connectivity index (χ3v) is 7.34. The number of nitrogens with zero attached hydrogens (tertiary/aromatic N) is 1. The van der Waals surface area contributed by atoms with Crippen LogP contribution in [0.1, 0.15) is 31.4 Å². The molecule has 160 valence electrons. The Morgan fingerprint density at radius 1 is 1.10 bits per heavy atom. The highest BCUT2D eigenvalue weighted by Crippen LogP contribution is 2.26. The number of hydrogen-bond acceptors (Lipinski definition) is 4. The molecule has 8 nitrogen and oxygen atoms in total. The fourth-order valence-electron chi connectivity index (χ4n) is 3.92. The number of benzene rings is 1. The minimum Gasteiger partial charge on any atom is -0.352 e. The molecule has 1 aromatic carbocycles. The summed E-state index contributed by atoms with van der Waals surface area (Å²) in [5.41, 5.74) is 2.40. The second-order valence-electron chi connectivity index (χ2n) is 8.11. The molecule has 0 bridgehead atoms. The molecule has 0 spiro atoms. The Labute approximate surface area is 172 Å². The molecule has 0 radical (unpaired) electrons. The van der Waals surface area contributed by atoms with E-state index >= 15 is 0 Å². The van der Waals surface area contributed by atoms with E-state index in [0.717, 1.165) is 29.7 Å². The van der Waals surface area contributed by atoms with Gasteiger partial charge in [0, 0.05) is 6.04 Å². The number of nitrogens with one attached hydrogen (secondary N) is 3. The van der Waals surface area contributed by atoms with Gasteiger partial charge in [0.25, 0.3) is 5.91 Å². The number of piperazine rings is 1. The average Bonchev–Trinajstić information content (AvgIpc) is 3.14. The molecular formula is C20H31N4O4S+. The smallest absolute Gasteiger partial charge is 0.275 e. The van der Waals surface area contributed by atoms with Crippen LogP contribution >= 0.6 is 0 Å². The minimum atomic E-state index is -3.50. The quantitative estimate of drug-likeness (QED) is 0.508. The topological polar surface area (TPSA) is 100 Å². The summed E-state index contributed by atoms with van der Waals surface area (Å²) in [7, 11) is -3.50. The number of quaternary nitrogens is 1. The molecule has 29 heavy (non-hydrogen) atoms. The number of amides is 2. The van der Waals surface area contributed by atoms with Crippen LogP contribution in [0.3, 0.4) is 0 Å². The number of fused-ring (bicyclic) bond motifs is 1. The zero-order valence-corrected chi connectivity index (χ0v) is 18.0. The van der Waals surface area contributed by atoms with Crippen molar-refractivity contribution in [3.63, 3.8) is 0 Å². The number of carbonyl (C=O) groups is 2. The van der Waals surface area contributed by atoms with Gasteiger partial charge in [-0.2, -0.15) is 4.31 Å². The van der Waals surface area contributed by atoms with Gasteiger partial charge in [0.2, 0.25) is 15.9 Å². The Morgan fingerprint density at radius 2 is 1.79 bits per heavy atom. The van der Waals surface area contributed by atoms with Gasteiger partial charge in [0.05, 0.1) is 37.6 Å². The van der Waals surface area contributed by atoms with Crippen molar-refractivity contribution in [2.45, 2.75) is 44.0 Å². The van der Waals surface area contributed by atoms with E-state index in [4.69, 9.17) is 0 Å². The molecule has 2 aliphatic rings. The largest absolute Gasteiger partial charge is 0.352 e. The van der Waals surface area contributed by atoms with Crippen molar-refractivity contribution in [3.8, 4) is 0 Å². The minimum absolute atomic E-state index is 0.0331. The summed E-state index contributed by atoms with van der Waals surface area (Å²) in [6.45, 7) is 5.82. The van der Waals surface area contributed by atoms with Crippen LogP contribution in [0.15, 0.2) is 23.1 Å². The van der Waals surface area contributed by atoms with Crippen molar-refractivity contribution >= 4 is 21.8 Å². The first kappa shape index (κ1) is 21.7. The predicted molar refractivity (Wildman–Crippen MR) is 109 cm³/mol. The number of sulfonamides is 1. The number of carbonyl (C=O) groups excluding carboxylic acids is 2. The second kappa shape index (κ2) is 9.23. The monoisotopic (exact) mass is 423 g/mol. The maximum Gasteiger partial charge on any atom is 0.275 e. The van der Waals surface area contributed by atoms with Gasteiger partial charge in [-0.3, -0.25) is 9.59 Å². The van der Waals surface area contributed by atoms with Crippen molar-refractivity contribution in [2.75, 3.05) is 39.3 Å². The molecule has 1 heterocycles. The van der Waals surface area contributed by atoms with Gasteiger partial charge in [-0.1, -0.05) is 6.07 Å². The van der Waals surface area contributed by atoms with E-state index in [-0.39, 0.29) is 30.9 Å². The summed E-state index contributed by atoms with van der Waals surface area (Å²) in [5, 5.41) is 5.34. The SMILES string of the molecule is CC(C)NC(=O)CNC(=O)C[NH+]1CCN(S(=O)(=O)c2ccc3c(c2)CCC3)CC1. The van der Waals surface area contributed by atoms with Crippen LogP contribution < -0.4 is 15.5 Å². The highest BCUT2D eigenvalue weighted by Gasteiger charge is 2.31. The first-order valence-corrected chi connectivity index (χ1v) is 11.7. The van der Waals surface area contributed by atoms with Gasteiger partial charge in [0.15, 0.2) is 6.54 Å². The summed E-state index contributed by atoms with van der Waals surface area (Å²) < 4.78 is 27.5. The standard InChI is InChI=1S/C20H30N4O4S/c1-15(2)22-19(25)13-21-20(26)14-23-8-10-24(11-9-23)29(27,28)18-7-6-16-4-3-5-17(16)12-18/h6-7,12,15H,3-5,8-11,13-14H2,1-2H3,(H,21,26)(H,22,25)/p+1. The third kappa shape index (κ3) is 5.55. The highest BCUT2D eigenvalue weighted by atomic mass is 32.2. The normalized spacial score (nSPS) is 17.9. The van der Waals surface area contributed by atoms with Crippen LogP contribution in [-0.4, -0.2) is 69.8 Å². The van der Waals surface area contributed by atoms with Crippen LogP contribution in [0.5, 0.6) is 0 Å². The lowest BCUT2D eigenvalue weighted by atomic mass is 10.1. The molecular weight excluding hydrogens is 392 g/mol. The summed E-state index contributed by atoms with van der Waals surface area (Å²) in [6, 6.07) is 5.52. The summed E-state index contributed by atoms with van der Waals surface area (Å²) in [6.07, 6.45) is 3.06.